The lowest BCUT2D eigenvalue weighted by Gasteiger charge is -2.24. The van der Waals surface area contributed by atoms with Gasteiger partial charge in [0, 0.05) is 24.1 Å². The van der Waals surface area contributed by atoms with Crippen molar-refractivity contribution in [3.05, 3.63) is 52.6 Å². The lowest BCUT2D eigenvalue weighted by Crippen LogP contribution is -2.26. The predicted molar refractivity (Wildman–Crippen MR) is 134 cm³/mol. The zero-order valence-electron chi connectivity index (χ0n) is 21.2. The molecule has 2 rings (SSSR count). The van der Waals surface area contributed by atoms with Crippen LogP contribution in [0.1, 0.15) is 67.6 Å². The van der Waals surface area contributed by atoms with Crippen LogP contribution in [0.25, 0.3) is 0 Å². The van der Waals surface area contributed by atoms with Crippen molar-refractivity contribution in [2.45, 2.75) is 52.5 Å². The second kappa shape index (κ2) is 12.2. The van der Waals surface area contributed by atoms with Crippen molar-refractivity contribution in [2.75, 3.05) is 26.8 Å². The molecule has 1 amide bonds. The largest absolute Gasteiger partial charge is 0.504 e. The van der Waals surface area contributed by atoms with Crippen LogP contribution in [0, 0.1) is 11.3 Å². The van der Waals surface area contributed by atoms with E-state index < -0.39 is 11.3 Å². The summed E-state index contributed by atoms with van der Waals surface area (Å²) in [7, 11) is 1.80. The monoisotopic (exact) mass is 481 g/mol. The Kier molecular flexibility index (Phi) is 9.67. The first-order valence-electron chi connectivity index (χ1n) is 11.6. The average molecular weight is 482 g/mol. The molecule has 188 valence electrons. The van der Waals surface area contributed by atoms with Crippen LogP contribution < -0.4 is 15.2 Å². The van der Waals surface area contributed by atoms with Gasteiger partial charge in [0.1, 0.15) is 5.75 Å². The van der Waals surface area contributed by atoms with Crippen molar-refractivity contribution in [3.8, 4) is 23.3 Å². The number of carbonyl (C=O) groups excluding carboxylic acids is 2. The quantitative estimate of drug-likeness (QED) is 0.348. The van der Waals surface area contributed by atoms with E-state index >= 15 is 0 Å². The third-order valence-corrected chi connectivity index (χ3v) is 5.39. The number of likely N-dealkylation sites (N-methyl/N-ethyl adjacent to an activating group) is 1. The highest BCUT2D eigenvalue weighted by Gasteiger charge is 2.24. The second-order valence-electron chi connectivity index (χ2n) is 9.50. The number of nitriles is 1. The molecule has 0 spiro atoms. The van der Waals surface area contributed by atoms with E-state index in [1.807, 2.05) is 38.7 Å². The molecule has 0 aliphatic carbocycles. The number of aromatic hydroxyl groups is 1. The highest BCUT2D eigenvalue weighted by atomic mass is 16.5. The molecule has 0 aromatic heterocycles. The number of hydrogen-bond donors (Lipinski definition) is 2. The first-order valence-corrected chi connectivity index (χ1v) is 11.6. The second-order valence-corrected chi connectivity index (χ2v) is 9.50. The van der Waals surface area contributed by atoms with Crippen LogP contribution in [0.5, 0.6) is 17.2 Å². The summed E-state index contributed by atoms with van der Waals surface area (Å²) in [5.74, 6) is 0.274. The topological polar surface area (TPSA) is 126 Å². The van der Waals surface area contributed by atoms with E-state index in [0.29, 0.717) is 42.0 Å². The summed E-state index contributed by atoms with van der Waals surface area (Å²) in [6.07, 6.45) is 0.577. The standard InChI is InChI=1S/C27H35N3O5/c1-6-34-21-10-9-18(15-28)20(12-21)16-30(5)17-23(31)19-13-22(27(2,3)4)26(33)24(14-19)35-11-7-8-25(29)32/h9-10,12-14,33H,6-8,11,16-17H2,1-5H3,(H2,29,32). The van der Waals surface area contributed by atoms with Crippen LogP contribution in [0.4, 0.5) is 0 Å². The first-order chi connectivity index (χ1) is 16.5. The first kappa shape index (κ1) is 27.7. The number of phenolic OH excluding ortho intramolecular Hbond substituents is 1. The molecular weight excluding hydrogens is 446 g/mol. The Morgan fingerprint density at radius 3 is 2.49 bits per heavy atom. The van der Waals surface area contributed by atoms with Crippen molar-refractivity contribution >= 4 is 11.7 Å². The van der Waals surface area contributed by atoms with E-state index in [9.17, 15) is 20.0 Å². The Morgan fingerprint density at radius 2 is 1.89 bits per heavy atom. The Bertz CT molecular complexity index is 1100. The van der Waals surface area contributed by atoms with Gasteiger partial charge in [-0.2, -0.15) is 5.26 Å². The number of benzene rings is 2. The molecule has 0 bridgehead atoms. The van der Waals surface area contributed by atoms with Gasteiger partial charge in [-0.3, -0.25) is 14.5 Å². The summed E-state index contributed by atoms with van der Waals surface area (Å²) in [5.41, 5.74) is 7.04. The van der Waals surface area contributed by atoms with Crippen molar-refractivity contribution in [1.82, 2.24) is 4.90 Å². The molecule has 2 aromatic carbocycles. The number of rotatable bonds is 12. The number of ether oxygens (including phenoxy) is 2. The summed E-state index contributed by atoms with van der Waals surface area (Å²) >= 11 is 0. The van der Waals surface area contributed by atoms with Gasteiger partial charge in [-0.1, -0.05) is 20.8 Å². The van der Waals surface area contributed by atoms with E-state index in [2.05, 4.69) is 6.07 Å². The molecule has 8 nitrogen and oxygen atoms in total. The molecule has 0 radical (unpaired) electrons. The fraction of sp³-hybridized carbons (Fsp3) is 0.444. The molecule has 0 atom stereocenters. The Hall–Kier alpha value is -3.57. The molecular formula is C27H35N3O5. The molecule has 0 saturated carbocycles. The fourth-order valence-corrected chi connectivity index (χ4v) is 3.63. The van der Waals surface area contributed by atoms with Crippen LogP contribution in [0.15, 0.2) is 30.3 Å². The van der Waals surface area contributed by atoms with Gasteiger partial charge in [-0.15, -0.1) is 0 Å². The Labute approximate surface area is 207 Å². The van der Waals surface area contributed by atoms with Gasteiger partial charge in [-0.25, -0.2) is 0 Å². The number of amides is 1. The summed E-state index contributed by atoms with van der Waals surface area (Å²) in [4.78, 5) is 26.0. The maximum atomic E-state index is 13.2. The van der Waals surface area contributed by atoms with E-state index in [1.54, 1.807) is 25.2 Å². The maximum absolute atomic E-state index is 13.2. The van der Waals surface area contributed by atoms with Gasteiger partial charge < -0.3 is 20.3 Å². The lowest BCUT2D eigenvalue weighted by atomic mass is 9.84. The minimum absolute atomic E-state index is 0.0205. The van der Waals surface area contributed by atoms with Crippen molar-refractivity contribution in [2.24, 2.45) is 5.73 Å². The fourth-order valence-electron chi connectivity index (χ4n) is 3.63. The van der Waals surface area contributed by atoms with Crippen LogP contribution in [-0.2, 0) is 16.8 Å². The molecule has 0 fully saturated rings. The summed E-state index contributed by atoms with van der Waals surface area (Å²) in [6, 6.07) is 10.7. The van der Waals surface area contributed by atoms with Gasteiger partial charge in [0.05, 0.1) is 31.4 Å². The van der Waals surface area contributed by atoms with Gasteiger partial charge in [0.15, 0.2) is 17.3 Å². The lowest BCUT2D eigenvalue weighted by molar-refractivity contribution is -0.118. The molecule has 3 N–H and O–H groups in total. The number of primary amides is 1. The van der Waals surface area contributed by atoms with E-state index in [1.165, 1.54) is 6.07 Å². The smallest absolute Gasteiger partial charge is 0.217 e. The van der Waals surface area contributed by atoms with Gasteiger partial charge in [0.2, 0.25) is 5.91 Å². The number of hydrogen-bond acceptors (Lipinski definition) is 7. The number of carbonyl (C=O) groups is 2. The molecule has 0 aliphatic heterocycles. The summed E-state index contributed by atoms with van der Waals surface area (Å²) < 4.78 is 11.3. The molecule has 0 heterocycles. The van der Waals surface area contributed by atoms with Crippen molar-refractivity contribution < 1.29 is 24.2 Å². The van der Waals surface area contributed by atoms with E-state index in [0.717, 1.165) is 5.56 Å². The van der Waals surface area contributed by atoms with Crippen LogP contribution in [-0.4, -0.2) is 48.5 Å². The van der Waals surface area contributed by atoms with E-state index in [4.69, 9.17) is 15.2 Å². The SMILES string of the molecule is CCOc1ccc(C#N)c(CN(C)CC(=O)c2cc(OCCCC(N)=O)c(O)c(C(C)(C)C)c2)c1. The zero-order chi connectivity index (χ0) is 26.2. The third kappa shape index (κ3) is 8.01. The molecule has 2 aromatic rings. The number of nitrogens with zero attached hydrogens (tertiary/aromatic N) is 2. The number of ketones is 1. The normalized spacial score (nSPS) is 11.2. The number of phenols is 1. The molecule has 35 heavy (non-hydrogen) atoms. The molecule has 0 saturated heterocycles. The maximum Gasteiger partial charge on any atom is 0.217 e. The molecule has 8 heteroatoms. The number of Topliss-reactive ketones (excluding diaryl/α,β-unsaturated/α-hetero) is 1. The summed E-state index contributed by atoms with van der Waals surface area (Å²) in [6.45, 7) is 8.89. The minimum atomic E-state index is -0.432. The highest BCUT2D eigenvalue weighted by molar-refractivity contribution is 5.98. The van der Waals surface area contributed by atoms with Crippen molar-refractivity contribution in [3.63, 3.8) is 0 Å². The minimum Gasteiger partial charge on any atom is -0.504 e. The van der Waals surface area contributed by atoms with Gasteiger partial charge in [0.25, 0.3) is 0 Å². The van der Waals surface area contributed by atoms with Gasteiger partial charge in [-0.05, 0) is 61.7 Å². The van der Waals surface area contributed by atoms with Crippen LogP contribution in [0.3, 0.4) is 0 Å². The average Bonchev–Trinajstić information content (AvgIpc) is 2.77. The zero-order valence-corrected chi connectivity index (χ0v) is 21.2. The number of nitrogens with two attached hydrogens (primary N) is 1. The Morgan fingerprint density at radius 1 is 1.17 bits per heavy atom. The molecule has 0 unspecified atom stereocenters. The molecule has 0 aliphatic rings. The van der Waals surface area contributed by atoms with E-state index in [-0.39, 0.29) is 36.9 Å². The van der Waals surface area contributed by atoms with Crippen LogP contribution in [0.2, 0.25) is 0 Å². The van der Waals surface area contributed by atoms with Crippen molar-refractivity contribution in [1.29, 1.82) is 5.26 Å². The summed E-state index contributed by atoms with van der Waals surface area (Å²) in [5, 5.41) is 20.2. The highest BCUT2D eigenvalue weighted by Crippen LogP contribution is 2.39. The van der Waals surface area contributed by atoms with Crippen LogP contribution >= 0.6 is 0 Å². The van der Waals surface area contributed by atoms with Gasteiger partial charge >= 0.3 is 0 Å². The third-order valence-electron chi connectivity index (χ3n) is 5.39. The predicted octanol–water partition coefficient (Wildman–Crippen LogP) is 3.92. The Balaban J connectivity index is 2.24.